The maximum atomic E-state index is 5.67. The third-order valence-corrected chi connectivity index (χ3v) is 6.98. The van der Waals surface area contributed by atoms with Gasteiger partial charge in [0.25, 0.3) is 0 Å². The van der Waals surface area contributed by atoms with Crippen molar-refractivity contribution in [2.45, 2.75) is 24.3 Å². The molecule has 0 bridgehead atoms. The molecular formula is C22H23N5O2S2. The molecule has 0 aliphatic carbocycles. The summed E-state index contributed by atoms with van der Waals surface area (Å²) in [5.41, 5.74) is 3.28. The van der Waals surface area contributed by atoms with Crippen molar-refractivity contribution in [3.63, 3.8) is 0 Å². The molecule has 0 radical (unpaired) electrons. The number of morpholine rings is 1. The molecule has 9 heteroatoms. The van der Waals surface area contributed by atoms with Gasteiger partial charge in [-0.3, -0.25) is 4.57 Å². The van der Waals surface area contributed by atoms with Gasteiger partial charge in [-0.05, 0) is 29.5 Å². The van der Waals surface area contributed by atoms with Gasteiger partial charge in [-0.15, -0.1) is 21.5 Å². The maximum Gasteiger partial charge on any atom is 0.236 e. The Balaban J connectivity index is 1.45. The van der Waals surface area contributed by atoms with Gasteiger partial charge in [-0.25, -0.2) is 4.98 Å². The molecule has 0 amide bonds. The van der Waals surface area contributed by atoms with Gasteiger partial charge in [-0.2, -0.15) is 0 Å². The number of benzene rings is 1. The van der Waals surface area contributed by atoms with Gasteiger partial charge in [0.15, 0.2) is 5.16 Å². The van der Waals surface area contributed by atoms with Crippen molar-refractivity contribution < 1.29 is 9.15 Å². The zero-order valence-electron chi connectivity index (χ0n) is 17.2. The second-order valence-corrected chi connectivity index (χ2v) is 9.00. The molecule has 1 saturated heterocycles. The van der Waals surface area contributed by atoms with Crippen molar-refractivity contribution in [2.24, 2.45) is 0 Å². The van der Waals surface area contributed by atoms with E-state index in [0.29, 0.717) is 24.9 Å². The number of aromatic nitrogens is 4. The van der Waals surface area contributed by atoms with Crippen LogP contribution in [0.3, 0.4) is 0 Å². The molecule has 1 aliphatic heterocycles. The van der Waals surface area contributed by atoms with Gasteiger partial charge in [-0.1, -0.05) is 43.0 Å². The second kappa shape index (κ2) is 9.25. The molecule has 31 heavy (non-hydrogen) atoms. The molecule has 4 aromatic rings. The van der Waals surface area contributed by atoms with Crippen molar-refractivity contribution in [3.05, 3.63) is 59.3 Å². The van der Waals surface area contributed by atoms with Gasteiger partial charge >= 0.3 is 0 Å². The van der Waals surface area contributed by atoms with Crippen LogP contribution in [0.25, 0.3) is 16.5 Å². The number of hydrogen-bond donors (Lipinski definition) is 0. The van der Waals surface area contributed by atoms with Gasteiger partial charge in [0, 0.05) is 18.8 Å². The SMILES string of the molecule is CCc1ccccc1-n1c(SCc2coc(-c3cccs3)n2)nnc1N1CCOCC1. The van der Waals surface area contributed by atoms with Gasteiger partial charge < -0.3 is 14.1 Å². The van der Waals surface area contributed by atoms with Crippen LogP contribution in [0.4, 0.5) is 5.95 Å². The highest BCUT2D eigenvalue weighted by atomic mass is 32.2. The fourth-order valence-corrected chi connectivity index (χ4v) is 5.06. The number of thiophene rings is 1. The number of aryl methyl sites for hydroxylation is 1. The maximum absolute atomic E-state index is 5.67. The van der Waals surface area contributed by atoms with E-state index >= 15 is 0 Å². The third-order valence-electron chi connectivity index (χ3n) is 5.16. The summed E-state index contributed by atoms with van der Waals surface area (Å²) in [6.07, 6.45) is 2.67. The van der Waals surface area contributed by atoms with Crippen LogP contribution in [0.15, 0.2) is 57.6 Å². The first-order chi connectivity index (χ1) is 15.3. The number of hydrogen-bond acceptors (Lipinski definition) is 8. The summed E-state index contributed by atoms with van der Waals surface area (Å²) in [5.74, 6) is 2.19. The minimum Gasteiger partial charge on any atom is -0.444 e. The standard InChI is InChI=1S/C22H23N5O2S2/c1-2-16-6-3-4-7-18(16)27-21(26-9-11-28-12-10-26)24-25-22(27)31-15-17-14-29-20(23-17)19-8-5-13-30-19/h3-8,13-14H,2,9-12,15H2,1H3. The topological polar surface area (TPSA) is 69.2 Å². The fraction of sp³-hybridized carbons (Fsp3) is 0.318. The molecule has 0 saturated carbocycles. The number of para-hydroxylation sites is 1. The molecule has 0 spiro atoms. The largest absolute Gasteiger partial charge is 0.444 e. The van der Waals surface area contributed by atoms with Crippen LogP contribution < -0.4 is 4.90 Å². The lowest BCUT2D eigenvalue weighted by molar-refractivity contribution is 0.122. The Morgan fingerprint density at radius 3 is 2.77 bits per heavy atom. The van der Waals surface area contributed by atoms with Crippen molar-refractivity contribution in [2.75, 3.05) is 31.2 Å². The number of anilines is 1. The Labute approximate surface area is 189 Å². The molecule has 3 aromatic heterocycles. The monoisotopic (exact) mass is 453 g/mol. The summed E-state index contributed by atoms with van der Waals surface area (Å²) in [7, 11) is 0. The van der Waals surface area contributed by atoms with Crippen LogP contribution in [0, 0.1) is 0 Å². The summed E-state index contributed by atoms with van der Waals surface area (Å²) in [6.45, 7) is 5.20. The molecule has 5 rings (SSSR count). The molecule has 0 atom stereocenters. The highest BCUT2D eigenvalue weighted by molar-refractivity contribution is 7.98. The van der Waals surface area contributed by atoms with E-state index in [0.717, 1.165) is 46.9 Å². The van der Waals surface area contributed by atoms with Crippen molar-refractivity contribution in [3.8, 4) is 16.5 Å². The quantitative estimate of drug-likeness (QED) is 0.377. The molecular weight excluding hydrogens is 430 g/mol. The summed E-state index contributed by atoms with van der Waals surface area (Å²) >= 11 is 3.24. The molecule has 1 aromatic carbocycles. The number of nitrogens with zero attached hydrogens (tertiary/aromatic N) is 5. The molecule has 160 valence electrons. The zero-order valence-corrected chi connectivity index (χ0v) is 18.9. The van der Waals surface area contributed by atoms with E-state index in [9.17, 15) is 0 Å². The average Bonchev–Trinajstić information content (AvgIpc) is 3.58. The van der Waals surface area contributed by atoms with Gasteiger partial charge in [0.05, 0.1) is 29.5 Å². The first-order valence-electron chi connectivity index (χ1n) is 10.3. The Morgan fingerprint density at radius 1 is 1.10 bits per heavy atom. The fourth-order valence-electron chi connectivity index (χ4n) is 3.59. The lowest BCUT2D eigenvalue weighted by atomic mass is 10.1. The normalized spacial score (nSPS) is 14.3. The highest BCUT2D eigenvalue weighted by Crippen LogP contribution is 2.32. The van der Waals surface area contributed by atoms with Crippen molar-refractivity contribution in [1.29, 1.82) is 0 Å². The van der Waals surface area contributed by atoms with Crippen LogP contribution in [-0.2, 0) is 16.9 Å². The predicted octanol–water partition coefficient (Wildman–Crippen LogP) is 4.68. The minimum absolute atomic E-state index is 0.657. The molecule has 1 fully saturated rings. The van der Waals surface area contributed by atoms with E-state index in [2.05, 4.69) is 55.8 Å². The molecule has 4 heterocycles. The summed E-state index contributed by atoms with van der Waals surface area (Å²) < 4.78 is 13.4. The number of thioether (sulfide) groups is 1. The molecule has 0 N–H and O–H groups in total. The van der Waals surface area contributed by atoms with E-state index in [1.807, 2.05) is 17.5 Å². The first-order valence-corrected chi connectivity index (χ1v) is 12.2. The van der Waals surface area contributed by atoms with E-state index in [-0.39, 0.29) is 0 Å². The number of rotatable bonds is 7. The van der Waals surface area contributed by atoms with E-state index in [1.165, 1.54) is 5.56 Å². The minimum atomic E-state index is 0.657. The lowest BCUT2D eigenvalue weighted by Crippen LogP contribution is -2.38. The van der Waals surface area contributed by atoms with Crippen LogP contribution in [-0.4, -0.2) is 46.1 Å². The van der Waals surface area contributed by atoms with Gasteiger partial charge in [0.2, 0.25) is 11.8 Å². The Bertz CT molecular complexity index is 1130. The summed E-state index contributed by atoms with van der Waals surface area (Å²) in [4.78, 5) is 7.92. The molecule has 1 aliphatic rings. The van der Waals surface area contributed by atoms with Crippen LogP contribution in [0.2, 0.25) is 0 Å². The van der Waals surface area contributed by atoms with Crippen molar-refractivity contribution >= 4 is 29.0 Å². The summed E-state index contributed by atoms with van der Waals surface area (Å²) in [5, 5.41) is 12.0. The lowest BCUT2D eigenvalue weighted by Gasteiger charge is -2.28. The van der Waals surface area contributed by atoms with E-state index in [4.69, 9.17) is 9.15 Å². The zero-order chi connectivity index (χ0) is 21.0. The number of oxazole rings is 1. The highest BCUT2D eigenvalue weighted by Gasteiger charge is 2.23. The first kappa shape index (κ1) is 20.3. The van der Waals surface area contributed by atoms with Gasteiger partial charge in [0.1, 0.15) is 6.26 Å². The third kappa shape index (κ3) is 4.26. The van der Waals surface area contributed by atoms with Crippen LogP contribution >= 0.6 is 23.1 Å². The molecule has 7 nitrogen and oxygen atoms in total. The Hall–Kier alpha value is -2.62. The van der Waals surface area contributed by atoms with E-state index in [1.54, 1.807) is 29.4 Å². The van der Waals surface area contributed by atoms with Crippen molar-refractivity contribution in [1.82, 2.24) is 19.7 Å². The Morgan fingerprint density at radius 2 is 1.97 bits per heavy atom. The van der Waals surface area contributed by atoms with E-state index < -0.39 is 0 Å². The smallest absolute Gasteiger partial charge is 0.236 e. The second-order valence-electron chi connectivity index (χ2n) is 7.11. The molecule has 0 unspecified atom stereocenters. The predicted molar refractivity (Wildman–Crippen MR) is 123 cm³/mol. The average molecular weight is 454 g/mol. The Kier molecular flexibility index (Phi) is 6.06. The van der Waals surface area contributed by atoms with Crippen LogP contribution in [0.5, 0.6) is 0 Å². The summed E-state index contributed by atoms with van der Waals surface area (Å²) in [6, 6.07) is 12.5. The number of ether oxygens (including phenoxy) is 1. The van der Waals surface area contributed by atoms with Crippen LogP contribution in [0.1, 0.15) is 18.2 Å².